The van der Waals surface area contributed by atoms with Crippen LogP contribution in [-0.4, -0.2) is 75.9 Å². The fourth-order valence-electron chi connectivity index (χ4n) is 7.23. The Bertz CT molecular complexity index is 1670. The number of carbonyl (C=O) groups is 3. The molecular formula is C37H47ClF3N5O6. The smallest absolute Gasteiger partial charge is 0.416 e. The van der Waals surface area contributed by atoms with Crippen molar-refractivity contribution >= 4 is 35.2 Å². The molecule has 2 aromatic carbocycles. The van der Waals surface area contributed by atoms with E-state index in [1.807, 2.05) is 13.0 Å². The second-order valence-corrected chi connectivity index (χ2v) is 16.0. The van der Waals surface area contributed by atoms with E-state index in [1.54, 1.807) is 32.9 Å². The average molecular weight is 750 g/mol. The van der Waals surface area contributed by atoms with E-state index in [0.717, 1.165) is 36.1 Å². The Morgan fingerprint density at radius 1 is 1.10 bits per heavy atom. The lowest BCUT2D eigenvalue weighted by Gasteiger charge is -2.36. The molecule has 11 nitrogen and oxygen atoms in total. The Labute approximate surface area is 306 Å². The Kier molecular flexibility index (Phi) is 10.8. The molecular weight excluding hydrogens is 703 g/mol. The van der Waals surface area contributed by atoms with Gasteiger partial charge in [0, 0.05) is 23.7 Å². The zero-order valence-electron chi connectivity index (χ0n) is 29.8. The van der Waals surface area contributed by atoms with Crippen molar-refractivity contribution in [1.29, 1.82) is 0 Å². The molecule has 2 aliphatic heterocycles. The molecule has 0 bridgehead atoms. The van der Waals surface area contributed by atoms with Gasteiger partial charge >= 0.3 is 12.3 Å². The molecule has 2 aliphatic carbocycles. The lowest BCUT2D eigenvalue weighted by molar-refractivity contribution is -0.142. The molecule has 3 amide bonds. The Morgan fingerprint density at radius 2 is 1.83 bits per heavy atom. The fourth-order valence-corrected chi connectivity index (χ4v) is 7.48. The molecule has 2 aromatic rings. The highest BCUT2D eigenvalue weighted by Gasteiger charge is 2.60. The molecule has 2 heterocycles. The first-order chi connectivity index (χ1) is 24.5. The maximum atomic E-state index is 14.5. The number of rotatable bonds is 12. The van der Waals surface area contributed by atoms with Gasteiger partial charge in [0.2, 0.25) is 11.8 Å². The molecule has 1 saturated heterocycles. The molecule has 0 aromatic heterocycles. The van der Waals surface area contributed by atoms with Crippen LogP contribution < -0.4 is 16.1 Å². The number of hydroxylamine groups is 1. The molecule has 4 aliphatic rings. The van der Waals surface area contributed by atoms with Gasteiger partial charge in [0.1, 0.15) is 24.4 Å². The number of likely N-dealkylation sites (tertiary alicyclic amines) is 1. The van der Waals surface area contributed by atoms with Crippen LogP contribution in [0.3, 0.4) is 0 Å². The summed E-state index contributed by atoms with van der Waals surface area (Å²) >= 11 is 6.36. The fraction of sp³-hybridized carbons (Fsp3) is 0.595. The van der Waals surface area contributed by atoms with Crippen molar-refractivity contribution in [3.63, 3.8) is 0 Å². The quantitative estimate of drug-likeness (QED) is 0.157. The molecule has 0 radical (unpaired) electrons. The minimum atomic E-state index is -4.59. The number of alkyl halides is 3. The van der Waals surface area contributed by atoms with Gasteiger partial charge in [-0.15, -0.1) is 0 Å². The monoisotopic (exact) mass is 749 g/mol. The molecule has 15 heteroatoms. The number of halogens is 4. The van der Waals surface area contributed by atoms with Crippen LogP contribution in [0.1, 0.15) is 76.5 Å². The van der Waals surface area contributed by atoms with Gasteiger partial charge < -0.3 is 25.4 Å². The Balaban J connectivity index is 1.23. The Hall–Kier alpha value is -3.59. The first-order valence-corrected chi connectivity index (χ1v) is 18.2. The van der Waals surface area contributed by atoms with Crippen molar-refractivity contribution in [2.24, 2.45) is 17.3 Å². The van der Waals surface area contributed by atoms with Crippen molar-refractivity contribution in [3.8, 4) is 0 Å². The summed E-state index contributed by atoms with van der Waals surface area (Å²) in [7, 11) is 0. The minimum absolute atomic E-state index is 0.0279. The summed E-state index contributed by atoms with van der Waals surface area (Å²) in [5, 5.41) is 17.7. The number of aliphatic hydroxyl groups excluding tert-OH is 1. The number of nitrogens with zero attached hydrogens (tertiary/aromatic N) is 2. The summed E-state index contributed by atoms with van der Waals surface area (Å²) < 4.78 is 46.6. The van der Waals surface area contributed by atoms with Crippen molar-refractivity contribution in [1.82, 2.24) is 20.6 Å². The Morgan fingerprint density at radius 3 is 2.46 bits per heavy atom. The highest BCUT2D eigenvalue weighted by atomic mass is 35.5. The van der Waals surface area contributed by atoms with Crippen LogP contribution in [0.4, 0.5) is 23.7 Å². The number of carbonyl (C=O) groups excluding carboxylic acids is 3. The third-order valence-corrected chi connectivity index (χ3v) is 11.0. The number of ether oxygens (including phenoxy) is 1. The summed E-state index contributed by atoms with van der Waals surface area (Å²) in [5.74, 6) is -0.711. The van der Waals surface area contributed by atoms with E-state index in [2.05, 4.69) is 16.1 Å². The van der Waals surface area contributed by atoms with Gasteiger partial charge in [0.15, 0.2) is 0 Å². The molecule has 52 heavy (non-hydrogen) atoms. The summed E-state index contributed by atoms with van der Waals surface area (Å²) in [4.78, 5) is 50.6. The lowest BCUT2D eigenvalue weighted by atomic mass is 9.85. The zero-order chi connectivity index (χ0) is 37.6. The molecule has 3 fully saturated rings. The highest BCUT2D eigenvalue weighted by Crippen LogP contribution is 2.48. The van der Waals surface area contributed by atoms with Crippen molar-refractivity contribution in [2.75, 3.05) is 18.5 Å². The molecule has 0 spiro atoms. The third kappa shape index (κ3) is 8.30. The number of hydrogen-bond acceptors (Lipinski definition) is 8. The zero-order valence-corrected chi connectivity index (χ0v) is 30.5. The maximum absolute atomic E-state index is 14.5. The number of benzene rings is 2. The second kappa shape index (κ2) is 14.7. The average Bonchev–Trinajstić information content (AvgIpc) is 3.94. The SMILES string of the molecule is CCC1CC1(NC(=O)C1CC(OC(=O)N2Cc3cccc(Cl)c3C2)CN1C(=O)C(Nc1cccc(C(F)(F)F)c1)C(C)(C)C)C(O)NOCC1CC1. The predicted molar refractivity (Wildman–Crippen MR) is 186 cm³/mol. The first kappa shape index (κ1) is 38.1. The normalized spacial score (nSPS) is 25.4. The third-order valence-electron chi connectivity index (χ3n) is 10.6. The van der Waals surface area contributed by atoms with Crippen LogP contribution in [0, 0.1) is 17.3 Å². The van der Waals surface area contributed by atoms with Gasteiger partial charge in [0.05, 0.1) is 30.8 Å². The van der Waals surface area contributed by atoms with Crippen LogP contribution in [0.25, 0.3) is 0 Å². The molecule has 284 valence electrons. The van der Waals surface area contributed by atoms with Gasteiger partial charge in [-0.2, -0.15) is 18.7 Å². The summed E-state index contributed by atoms with van der Waals surface area (Å²) in [5.41, 5.74) is 1.75. The topological polar surface area (TPSA) is 132 Å². The van der Waals surface area contributed by atoms with E-state index in [1.165, 1.54) is 21.9 Å². The predicted octanol–water partition coefficient (Wildman–Crippen LogP) is 5.84. The van der Waals surface area contributed by atoms with Crippen LogP contribution in [0.15, 0.2) is 42.5 Å². The van der Waals surface area contributed by atoms with Gasteiger partial charge in [-0.25, -0.2) is 4.79 Å². The summed E-state index contributed by atoms with van der Waals surface area (Å²) in [6.45, 7) is 8.10. The first-order valence-electron chi connectivity index (χ1n) is 17.8. The van der Waals surface area contributed by atoms with Crippen molar-refractivity contribution in [2.45, 2.75) is 109 Å². The van der Waals surface area contributed by atoms with E-state index in [0.29, 0.717) is 30.4 Å². The maximum Gasteiger partial charge on any atom is 0.416 e. The van der Waals surface area contributed by atoms with E-state index < -0.39 is 65.0 Å². The molecule has 6 atom stereocenters. The minimum Gasteiger partial charge on any atom is -0.444 e. The van der Waals surface area contributed by atoms with Gasteiger partial charge in [-0.3, -0.25) is 19.3 Å². The molecule has 2 saturated carbocycles. The molecule has 6 rings (SSSR count). The van der Waals surface area contributed by atoms with E-state index >= 15 is 0 Å². The number of fused-ring (bicyclic) bond motifs is 1. The van der Waals surface area contributed by atoms with Gasteiger partial charge in [0.25, 0.3) is 0 Å². The highest BCUT2D eigenvalue weighted by molar-refractivity contribution is 6.31. The number of anilines is 1. The van der Waals surface area contributed by atoms with Gasteiger partial charge in [-0.05, 0) is 71.9 Å². The van der Waals surface area contributed by atoms with Crippen LogP contribution in [-0.2, 0) is 38.4 Å². The lowest BCUT2D eigenvalue weighted by Crippen LogP contribution is -2.59. The summed E-state index contributed by atoms with van der Waals surface area (Å²) in [6.07, 6.45) is -4.06. The number of nitrogens with one attached hydrogen (secondary N) is 3. The van der Waals surface area contributed by atoms with E-state index in [9.17, 15) is 32.7 Å². The van der Waals surface area contributed by atoms with E-state index in [4.69, 9.17) is 21.2 Å². The molecule has 4 N–H and O–H groups in total. The van der Waals surface area contributed by atoms with Gasteiger partial charge in [-0.1, -0.05) is 63.9 Å². The standard InChI is InChI=1S/C37H47ClF3N5O6/c1-5-23-16-36(23,33(49)44-51-20-21-12-13-21)43-31(47)29-15-26(52-34(50)45-17-22-8-6-11-28(38)27(22)19-45)18-46(29)32(48)30(35(2,3)4)42-25-10-7-9-24(14-25)37(39,40)41/h6-11,14,21,23,26,29-30,33,42,44,49H,5,12-13,15-20H2,1-4H3,(H,43,47). The largest absolute Gasteiger partial charge is 0.444 e. The van der Waals surface area contributed by atoms with Crippen LogP contribution >= 0.6 is 11.6 Å². The van der Waals surface area contributed by atoms with Crippen LogP contribution in [0.5, 0.6) is 0 Å². The number of amides is 3. The molecule has 6 unspecified atom stereocenters. The van der Waals surface area contributed by atoms with Crippen molar-refractivity contribution in [3.05, 3.63) is 64.2 Å². The number of hydrogen-bond donors (Lipinski definition) is 4. The number of aliphatic hydroxyl groups is 1. The van der Waals surface area contributed by atoms with Crippen LogP contribution in [0.2, 0.25) is 5.02 Å². The summed E-state index contributed by atoms with van der Waals surface area (Å²) in [6, 6.07) is 7.84. The van der Waals surface area contributed by atoms with Crippen molar-refractivity contribution < 1.29 is 42.2 Å². The van der Waals surface area contributed by atoms with E-state index in [-0.39, 0.29) is 37.7 Å². The second-order valence-electron chi connectivity index (χ2n) is 15.6.